The molecule has 2 aliphatic heterocycles. The van der Waals surface area contributed by atoms with Crippen LogP contribution >= 0.6 is 12.2 Å². The average Bonchev–Trinajstić information content (AvgIpc) is 3.01. The Bertz CT molecular complexity index is 1200. The van der Waals surface area contributed by atoms with Crippen LogP contribution in [0.15, 0.2) is 36.4 Å². The number of thiocarbonyl (C=S) groups is 1. The van der Waals surface area contributed by atoms with Crippen molar-refractivity contribution in [3.8, 4) is 0 Å². The maximum Gasteiger partial charge on any atom is 0.259 e. The van der Waals surface area contributed by atoms with Gasteiger partial charge in [0.15, 0.2) is 5.11 Å². The number of carbonyl (C=O) groups is 2. The number of benzene rings is 2. The molecule has 0 unspecified atom stereocenters. The van der Waals surface area contributed by atoms with Gasteiger partial charge in [-0.1, -0.05) is 6.07 Å². The van der Waals surface area contributed by atoms with Gasteiger partial charge >= 0.3 is 0 Å². The van der Waals surface area contributed by atoms with Gasteiger partial charge in [0.05, 0.1) is 17.8 Å². The van der Waals surface area contributed by atoms with Crippen LogP contribution in [0.5, 0.6) is 0 Å². The van der Waals surface area contributed by atoms with Gasteiger partial charge < -0.3 is 15.1 Å². The predicted molar refractivity (Wildman–Crippen MR) is 124 cm³/mol. The van der Waals surface area contributed by atoms with Crippen LogP contribution in [0.25, 0.3) is 4.85 Å². The molecule has 0 atom stereocenters. The number of carbonyl (C=O) groups excluding carboxylic acids is 2. The number of halogens is 2. The van der Waals surface area contributed by atoms with Crippen molar-refractivity contribution in [2.75, 3.05) is 37.0 Å². The third-order valence-corrected chi connectivity index (χ3v) is 6.58. The zero-order chi connectivity index (χ0) is 23.9. The topological polar surface area (TPSA) is 60.3 Å². The lowest BCUT2D eigenvalue weighted by molar-refractivity contribution is -0.122. The Kier molecular flexibility index (Phi) is 5.86. The molecule has 0 aliphatic carbocycles. The van der Waals surface area contributed by atoms with Crippen LogP contribution in [0.3, 0.4) is 0 Å². The van der Waals surface area contributed by atoms with Gasteiger partial charge in [0.25, 0.3) is 11.8 Å². The van der Waals surface area contributed by atoms with Crippen LogP contribution < -0.4 is 15.1 Å². The molecule has 0 radical (unpaired) electrons. The SMILES string of the molecule is [C-]#[N+]c1ccc(N2C(=O)C3(CCN(C)CC3)N(c3ccc(C(=O)NC)c(F)c3)C2=S)cc1F. The van der Waals surface area contributed by atoms with Crippen molar-refractivity contribution >= 4 is 46.2 Å². The molecule has 10 heteroatoms. The summed E-state index contributed by atoms with van der Waals surface area (Å²) in [6.07, 6.45) is 0.862. The van der Waals surface area contributed by atoms with E-state index in [2.05, 4.69) is 15.1 Å². The molecule has 1 spiro atoms. The molecule has 0 bridgehead atoms. The van der Waals surface area contributed by atoms with Crippen molar-refractivity contribution in [2.45, 2.75) is 18.4 Å². The number of amides is 2. The number of likely N-dealkylation sites (tertiary alicyclic amines) is 1. The van der Waals surface area contributed by atoms with E-state index >= 15 is 0 Å². The summed E-state index contributed by atoms with van der Waals surface area (Å²) < 4.78 is 29.2. The molecule has 2 amide bonds. The lowest BCUT2D eigenvalue weighted by Gasteiger charge is -2.41. The number of nitrogens with zero attached hydrogens (tertiary/aromatic N) is 4. The van der Waals surface area contributed by atoms with Crippen LogP contribution in [0.1, 0.15) is 23.2 Å². The van der Waals surface area contributed by atoms with Gasteiger partial charge in [-0.25, -0.2) is 13.6 Å². The van der Waals surface area contributed by atoms with Gasteiger partial charge in [0.2, 0.25) is 5.69 Å². The molecule has 2 heterocycles. The predicted octanol–water partition coefficient (Wildman–Crippen LogP) is 3.48. The van der Waals surface area contributed by atoms with Gasteiger partial charge in [-0.05, 0) is 62.4 Å². The van der Waals surface area contributed by atoms with Crippen molar-refractivity contribution in [1.82, 2.24) is 10.2 Å². The van der Waals surface area contributed by atoms with Crippen molar-refractivity contribution in [1.29, 1.82) is 0 Å². The van der Waals surface area contributed by atoms with E-state index in [1.807, 2.05) is 7.05 Å². The largest absolute Gasteiger partial charge is 0.355 e. The third-order valence-electron chi connectivity index (χ3n) is 6.22. The summed E-state index contributed by atoms with van der Waals surface area (Å²) in [7, 11) is 3.36. The summed E-state index contributed by atoms with van der Waals surface area (Å²) in [5.74, 6) is -2.39. The van der Waals surface area contributed by atoms with Crippen LogP contribution in [-0.4, -0.2) is 54.6 Å². The summed E-state index contributed by atoms with van der Waals surface area (Å²) in [5.41, 5.74) is -0.806. The fourth-order valence-corrected chi connectivity index (χ4v) is 4.84. The highest BCUT2D eigenvalue weighted by molar-refractivity contribution is 7.81. The molecule has 0 saturated carbocycles. The molecule has 170 valence electrons. The quantitative estimate of drug-likeness (QED) is 0.551. The van der Waals surface area contributed by atoms with Gasteiger partial charge in [-0.3, -0.25) is 14.5 Å². The van der Waals surface area contributed by atoms with Gasteiger partial charge in [-0.15, -0.1) is 0 Å². The number of anilines is 2. The van der Waals surface area contributed by atoms with Crippen molar-refractivity contribution < 1.29 is 18.4 Å². The maximum atomic E-state index is 14.8. The van der Waals surface area contributed by atoms with Gasteiger partial charge in [0.1, 0.15) is 17.2 Å². The van der Waals surface area contributed by atoms with E-state index in [0.717, 1.165) is 6.07 Å². The smallest absolute Gasteiger partial charge is 0.259 e. The highest BCUT2D eigenvalue weighted by Crippen LogP contribution is 2.43. The lowest BCUT2D eigenvalue weighted by Crippen LogP contribution is -2.56. The molecule has 2 saturated heterocycles. The van der Waals surface area contributed by atoms with E-state index in [-0.39, 0.29) is 28.0 Å². The Morgan fingerprint density at radius 1 is 1.12 bits per heavy atom. The summed E-state index contributed by atoms with van der Waals surface area (Å²) in [6.45, 7) is 8.27. The fourth-order valence-electron chi connectivity index (χ4n) is 4.37. The van der Waals surface area contributed by atoms with Crippen molar-refractivity contribution in [3.05, 3.63) is 65.0 Å². The standard InChI is InChI=1S/C23H21F2N5O2S/c1-26-19-7-5-14(12-18(19)25)29-21(32)23(8-10-28(3)11-9-23)30(22(29)33)15-4-6-16(17(24)13-15)20(31)27-2/h4-7,12-13H,8-11H2,2-3H3,(H,27,31). The van der Waals surface area contributed by atoms with E-state index in [0.29, 0.717) is 31.6 Å². The monoisotopic (exact) mass is 469 g/mol. The number of rotatable bonds is 3. The molecule has 2 aromatic rings. The highest BCUT2D eigenvalue weighted by Gasteiger charge is 2.57. The highest BCUT2D eigenvalue weighted by atomic mass is 32.1. The Morgan fingerprint density at radius 2 is 1.76 bits per heavy atom. The molecule has 2 aromatic carbocycles. The Hall–Kier alpha value is -3.42. The molecule has 7 nitrogen and oxygen atoms in total. The minimum Gasteiger partial charge on any atom is -0.355 e. The summed E-state index contributed by atoms with van der Waals surface area (Å²) in [4.78, 5) is 33.8. The summed E-state index contributed by atoms with van der Waals surface area (Å²) >= 11 is 5.67. The number of hydrogen-bond acceptors (Lipinski definition) is 4. The van der Waals surface area contributed by atoms with Gasteiger partial charge in [-0.2, -0.15) is 0 Å². The summed E-state index contributed by atoms with van der Waals surface area (Å²) in [5, 5.41) is 2.48. The molecule has 1 N–H and O–H groups in total. The van der Waals surface area contributed by atoms with Crippen molar-refractivity contribution in [3.63, 3.8) is 0 Å². The van der Waals surface area contributed by atoms with E-state index in [4.69, 9.17) is 18.8 Å². The zero-order valence-corrected chi connectivity index (χ0v) is 18.9. The second kappa shape index (κ2) is 8.50. The zero-order valence-electron chi connectivity index (χ0n) is 18.1. The van der Waals surface area contributed by atoms with Gasteiger partial charge in [0, 0.05) is 25.8 Å². The summed E-state index contributed by atoms with van der Waals surface area (Å²) in [6, 6.07) is 7.98. The first kappa shape index (κ1) is 22.8. The number of nitrogens with one attached hydrogen (secondary N) is 1. The second-order valence-electron chi connectivity index (χ2n) is 8.08. The Morgan fingerprint density at radius 3 is 2.33 bits per heavy atom. The normalized spacial score (nSPS) is 18.0. The molecule has 4 rings (SSSR count). The fraction of sp³-hybridized carbons (Fsp3) is 0.304. The first-order valence-corrected chi connectivity index (χ1v) is 10.7. The molecule has 2 fully saturated rings. The minimum atomic E-state index is -1.07. The van der Waals surface area contributed by atoms with E-state index in [1.54, 1.807) is 11.0 Å². The number of piperidine rings is 1. The maximum absolute atomic E-state index is 14.8. The van der Waals surface area contributed by atoms with E-state index in [1.165, 1.54) is 36.2 Å². The lowest BCUT2D eigenvalue weighted by atomic mass is 9.85. The molecule has 2 aliphatic rings. The Labute approximate surface area is 195 Å². The van der Waals surface area contributed by atoms with Crippen LogP contribution in [0.2, 0.25) is 0 Å². The van der Waals surface area contributed by atoms with E-state index in [9.17, 15) is 18.4 Å². The molecular formula is C23H21F2N5O2S. The Balaban J connectivity index is 1.82. The molecular weight excluding hydrogens is 448 g/mol. The third kappa shape index (κ3) is 3.63. The average molecular weight is 470 g/mol. The first-order valence-electron chi connectivity index (χ1n) is 10.3. The first-order chi connectivity index (χ1) is 15.7. The van der Waals surface area contributed by atoms with Crippen LogP contribution in [0.4, 0.5) is 25.8 Å². The van der Waals surface area contributed by atoms with Crippen LogP contribution in [0, 0.1) is 18.2 Å². The van der Waals surface area contributed by atoms with E-state index < -0.39 is 23.1 Å². The van der Waals surface area contributed by atoms with Crippen LogP contribution in [-0.2, 0) is 4.79 Å². The van der Waals surface area contributed by atoms with Crippen molar-refractivity contribution in [2.24, 2.45) is 0 Å². The second-order valence-corrected chi connectivity index (χ2v) is 8.45. The molecule has 0 aromatic heterocycles. The number of hydrogen-bond donors (Lipinski definition) is 1. The molecule has 33 heavy (non-hydrogen) atoms. The minimum absolute atomic E-state index is 0.0895.